The summed E-state index contributed by atoms with van der Waals surface area (Å²) in [4.78, 5) is 11.1. The zero-order chi connectivity index (χ0) is 13.0. The number of carbonyl (C=O) groups is 1. The van der Waals surface area contributed by atoms with E-state index in [1.165, 1.54) is 6.92 Å². The lowest BCUT2D eigenvalue weighted by molar-refractivity contribution is -0.247. The second kappa shape index (κ2) is 6.33. The Bertz CT molecular complexity index is 259. The van der Waals surface area contributed by atoms with Crippen molar-refractivity contribution < 1.29 is 19.4 Å². The Morgan fingerprint density at radius 1 is 1.47 bits per heavy atom. The van der Waals surface area contributed by atoms with Crippen molar-refractivity contribution in [3.05, 3.63) is 0 Å². The smallest absolute Gasteiger partial charge is 0.217 e. The standard InChI is InChI=1S/C12H23NO4/c1-5-9-7(3)11(15)10(13-8(4)14)12(17-9)16-6-2/h7,9-12,15H,5-6H2,1-4H3,(H,13,14)/t7-,9?,10?,11?,12+/m0/s1. The third-order valence-corrected chi connectivity index (χ3v) is 3.20. The molecule has 5 nitrogen and oxygen atoms in total. The fraction of sp³-hybridized carbons (Fsp3) is 0.917. The van der Waals surface area contributed by atoms with E-state index < -0.39 is 18.4 Å². The Hall–Kier alpha value is -0.650. The van der Waals surface area contributed by atoms with Gasteiger partial charge in [0.05, 0.1) is 12.2 Å². The van der Waals surface area contributed by atoms with Gasteiger partial charge in [0.25, 0.3) is 0 Å². The number of hydrogen-bond donors (Lipinski definition) is 2. The second-order valence-corrected chi connectivity index (χ2v) is 4.48. The Morgan fingerprint density at radius 3 is 2.59 bits per heavy atom. The number of aliphatic hydroxyl groups is 1. The predicted molar refractivity (Wildman–Crippen MR) is 63.4 cm³/mol. The van der Waals surface area contributed by atoms with E-state index in [-0.39, 0.29) is 17.9 Å². The number of hydrogen-bond acceptors (Lipinski definition) is 4. The molecule has 17 heavy (non-hydrogen) atoms. The van der Waals surface area contributed by atoms with Crippen molar-refractivity contribution in [2.75, 3.05) is 6.61 Å². The highest BCUT2D eigenvalue weighted by Gasteiger charge is 2.43. The van der Waals surface area contributed by atoms with Crippen molar-refractivity contribution in [2.45, 2.75) is 58.7 Å². The van der Waals surface area contributed by atoms with Crippen LogP contribution in [0.25, 0.3) is 0 Å². The largest absolute Gasteiger partial charge is 0.390 e. The van der Waals surface area contributed by atoms with Gasteiger partial charge >= 0.3 is 0 Å². The minimum absolute atomic E-state index is 0.0199. The molecule has 1 heterocycles. The van der Waals surface area contributed by atoms with E-state index in [0.29, 0.717) is 6.61 Å². The predicted octanol–water partition coefficient (Wildman–Crippen LogP) is 0.659. The van der Waals surface area contributed by atoms with E-state index in [1.807, 2.05) is 20.8 Å². The maximum Gasteiger partial charge on any atom is 0.217 e. The van der Waals surface area contributed by atoms with Crippen molar-refractivity contribution in [1.29, 1.82) is 0 Å². The summed E-state index contributed by atoms with van der Waals surface area (Å²) < 4.78 is 11.2. The molecule has 0 spiro atoms. The molecule has 0 bridgehead atoms. The van der Waals surface area contributed by atoms with Gasteiger partial charge in [-0.05, 0) is 13.3 Å². The van der Waals surface area contributed by atoms with Gasteiger partial charge in [-0.2, -0.15) is 0 Å². The molecule has 0 saturated carbocycles. The summed E-state index contributed by atoms with van der Waals surface area (Å²) in [5, 5.41) is 12.9. The molecular formula is C12H23NO4. The Morgan fingerprint density at radius 2 is 2.12 bits per heavy atom. The topological polar surface area (TPSA) is 67.8 Å². The van der Waals surface area contributed by atoms with E-state index in [2.05, 4.69) is 5.32 Å². The Balaban J connectivity index is 2.78. The molecule has 1 saturated heterocycles. The molecule has 1 amide bonds. The molecule has 0 aromatic carbocycles. The maximum absolute atomic E-state index is 11.1. The van der Waals surface area contributed by atoms with E-state index >= 15 is 0 Å². The highest BCUT2D eigenvalue weighted by Crippen LogP contribution is 2.28. The van der Waals surface area contributed by atoms with Crippen molar-refractivity contribution in [1.82, 2.24) is 5.32 Å². The van der Waals surface area contributed by atoms with Crippen LogP contribution < -0.4 is 5.32 Å². The first-order valence-corrected chi connectivity index (χ1v) is 6.23. The molecule has 0 radical (unpaired) electrons. The van der Waals surface area contributed by atoms with Gasteiger partial charge < -0.3 is 19.9 Å². The van der Waals surface area contributed by atoms with Gasteiger partial charge in [0.1, 0.15) is 6.04 Å². The summed E-state index contributed by atoms with van der Waals surface area (Å²) in [6.45, 7) is 7.70. The van der Waals surface area contributed by atoms with Crippen LogP contribution in [-0.2, 0) is 14.3 Å². The minimum Gasteiger partial charge on any atom is -0.390 e. The maximum atomic E-state index is 11.1. The first kappa shape index (κ1) is 14.4. The highest BCUT2D eigenvalue weighted by atomic mass is 16.7. The van der Waals surface area contributed by atoms with Gasteiger partial charge in [-0.15, -0.1) is 0 Å². The number of carbonyl (C=O) groups excluding carboxylic acids is 1. The van der Waals surface area contributed by atoms with Gasteiger partial charge in [-0.1, -0.05) is 13.8 Å². The molecule has 100 valence electrons. The highest BCUT2D eigenvalue weighted by molar-refractivity contribution is 5.73. The average molecular weight is 245 g/mol. The van der Waals surface area contributed by atoms with Gasteiger partial charge in [0.15, 0.2) is 6.29 Å². The first-order valence-electron chi connectivity index (χ1n) is 6.23. The summed E-state index contributed by atoms with van der Waals surface area (Å²) in [5.41, 5.74) is 0. The third kappa shape index (κ3) is 3.40. The Labute approximate surface area is 102 Å². The van der Waals surface area contributed by atoms with Crippen LogP contribution in [0.4, 0.5) is 0 Å². The molecule has 1 fully saturated rings. The molecule has 3 unspecified atom stereocenters. The molecular weight excluding hydrogens is 222 g/mol. The van der Waals surface area contributed by atoms with Crippen LogP contribution in [0, 0.1) is 5.92 Å². The monoisotopic (exact) mass is 245 g/mol. The quantitative estimate of drug-likeness (QED) is 0.763. The Kier molecular flexibility index (Phi) is 5.36. The van der Waals surface area contributed by atoms with Crippen LogP contribution in [-0.4, -0.2) is 42.2 Å². The van der Waals surface area contributed by atoms with Gasteiger partial charge in [0.2, 0.25) is 5.91 Å². The van der Waals surface area contributed by atoms with Crippen LogP contribution in [0.3, 0.4) is 0 Å². The number of aliphatic hydroxyl groups excluding tert-OH is 1. The molecule has 2 N–H and O–H groups in total. The molecule has 1 rings (SSSR count). The SMILES string of the molecule is CCO[C@@H]1OC(CC)[C@H](C)C(O)C1NC(C)=O. The van der Waals surface area contributed by atoms with Crippen LogP contribution >= 0.6 is 0 Å². The summed E-state index contributed by atoms with van der Waals surface area (Å²) in [5.74, 6) is -0.210. The minimum atomic E-state index is -0.644. The van der Waals surface area contributed by atoms with Crippen LogP contribution in [0.1, 0.15) is 34.1 Å². The first-order chi connectivity index (χ1) is 8.01. The number of amides is 1. The van der Waals surface area contributed by atoms with Gasteiger partial charge in [-0.3, -0.25) is 4.79 Å². The number of rotatable bonds is 4. The summed E-state index contributed by atoms with van der Waals surface area (Å²) in [6.07, 6.45) is -0.435. The fourth-order valence-corrected chi connectivity index (χ4v) is 2.25. The lowest BCUT2D eigenvalue weighted by atomic mass is 9.88. The average Bonchev–Trinajstić information content (AvgIpc) is 2.28. The zero-order valence-electron chi connectivity index (χ0n) is 11.0. The normalized spacial score (nSPS) is 37.8. The number of ether oxygens (including phenoxy) is 2. The second-order valence-electron chi connectivity index (χ2n) is 4.48. The third-order valence-electron chi connectivity index (χ3n) is 3.20. The van der Waals surface area contributed by atoms with Crippen LogP contribution in [0.5, 0.6) is 0 Å². The van der Waals surface area contributed by atoms with Crippen molar-refractivity contribution in [3.8, 4) is 0 Å². The summed E-state index contributed by atoms with van der Waals surface area (Å²) in [7, 11) is 0. The van der Waals surface area contributed by atoms with Crippen molar-refractivity contribution >= 4 is 5.91 Å². The van der Waals surface area contributed by atoms with E-state index in [1.54, 1.807) is 0 Å². The number of nitrogens with one attached hydrogen (secondary N) is 1. The van der Waals surface area contributed by atoms with Crippen LogP contribution in [0.2, 0.25) is 0 Å². The van der Waals surface area contributed by atoms with E-state index in [4.69, 9.17) is 9.47 Å². The lowest BCUT2D eigenvalue weighted by Crippen LogP contribution is -2.61. The lowest BCUT2D eigenvalue weighted by Gasteiger charge is -2.43. The van der Waals surface area contributed by atoms with Crippen molar-refractivity contribution in [2.24, 2.45) is 5.92 Å². The molecule has 0 aromatic heterocycles. The molecule has 0 aromatic rings. The zero-order valence-corrected chi connectivity index (χ0v) is 11.0. The molecule has 5 heteroatoms. The van der Waals surface area contributed by atoms with Crippen LogP contribution in [0.15, 0.2) is 0 Å². The van der Waals surface area contributed by atoms with Gasteiger partial charge in [-0.25, -0.2) is 0 Å². The van der Waals surface area contributed by atoms with Gasteiger partial charge in [0, 0.05) is 19.4 Å². The molecule has 5 atom stereocenters. The fourth-order valence-electron chi connectivity index (χ4n) is 2.25. The molecule has 1 aliphatic rings. The summed E-state index contributed by atoms with van der Waals surface area (Å²) >= 11 is 0. The van der Waals surface area contributed by atoms with E-state index in [9.17, 15) is 9.90 Å². The van der Waals surface area contributed by atoms with E-state index in [0.717, 1.165) is 6.42 Å². The molecule has 0 aliphatic carbocycles. The summed E-state index contributed by atoms with van der Waals surface area (Å²) in [6, 6.07) is -0.495. The van der Waals surface area contributed by atoms with Crippen molar-refractivity contribution in [3.63, 3.8) is 0 Å². The molecule has 1 aliphatic heterocycles.